The predicted octanol–water partition coefficient (Wildman–Crippen LogP) is 2.49. The van der Waals surface area contributed by atoms with Crippen LogP contribution in [0.1, 0.15) is 30.2 Å². The number of nitrogens with two attached hydrogens (primary N) is 1. The number of carboxylic acid groups (broad SMARTS) is 1. The van der Waals surface area contributed by atoms with Crippen LogP contribution in [0.2, 0.25) is 0 Å². The van der Waals surface area contributed by atoms with Gasteiger partial charge in [-0.1, -0.05) is 0 Å². The highest BCUT2D eigenvalue weighted by atomic mass is 16.4. The van der Waals surface area contributed by atoms with Crippen LogP contribution in [-0.4, -0.2) is 20.9 Å². The van der Waals surface area contributed by atoms with E-state index < -0.39 is 5.97 Å². The van der Waals surface area contributed by atoms with E-state index in [1.807, 2.05) is 20.0 Å². The molecular formula is C13H16N4O2. The van der Waals surface area contributed by atoms with Gasteiger partial charge in [-0.05, 0) is 32.0 Å². The van der Waals surface area contributed by atoms with Crippen molar-refractivity contribution >= 4 is 23.0 Å². The van der Waals surface area contributed by atoms with E-state index in [0.717, 1.165) is 5.69 Å². The molecule has 0 unspecified atom stereocenters. The first-order valence-corrected chi connectivity index (χ1v) is 5.91. The largest absolute Gasteiger partial charge is 0.478 e. The molecule has 6 nitrogen and oxygen atoms in total. The second-order valence-electron chi connectivity index (χ2n) is 4.54. The first kappa shape index (κ1) is 12.9. The number of hydrogen-bond acceptors (Lipinski definition) is 4. The fourth-order valence-corrected chi connectivity index (χ4v) is 1.69. The zero-order valence-corrected chi connectivity index (χ0v) is 10.8. The normalized spacial score (nSPS) is 10.7. The number of nitrogen functional groups attached to an aromatic ring is 1. The summed E-state index contributed by atoms with van der Waals surface area (Å²) in [4.78, 5) is 11.2. The molecule has 4 N–H and O–H groups in total. The van der Waals surface area contributed by atoms with Crippen LogP contribution in [0.5, 0.6) is 0 Å². The van der Waals surface area contributed by atoms with Gasteiger partial charge in [0.25, 0.3) is 0 Å². The van der Waals surface area contributed by atoms with Gasteiger partial charge in [-0.25, -0.2) is 4.79 Å². The Kier molecular flexibility index (Phi) is 3.41. The van der Waals surface area contributed by atoms with Crippen molar-refractivity contribution in [2.75, 3.05) is 11.1 Å². The Morgan fingerprint density at radius 3 is 2.79 bits per heavy atom. The second-order valence-corrected chi connectivity index (χ2v) is 4.54. The highest BCUT2D eigenvalue weighted by Gasteiger charge is 2.11. The summed E-state index contributed by atoms with van der Waals surface area (Å²) in [5.74, 6) is -1.02. The molecule has 0 spiro atoms. The minimum Gasteiger partial charge on any atom is -0.478 e. The molecule has 0 bridgehead atoms. The lowest BCUT2D eigenvalue weighted by Gasteiger charge is -2.08. The Bertz CT molecular complexity index is 604. The minimum absolute atomic E-state index is 0.136. The van der Waals surface area contributed by atoms with Gasteiger partial charge in [0.2, 0.25) is 0 Å². The van der Waals surface area contributed by atoms with Crippen molar-refractivity contribution in [1.29, 1.82) is 0 Å². The van der Waals surface area contributed by atoms with Gasteiger partial charge in [0, 0.05) is 17.9 Å². The summed E-state index contributed by atoms with van der Waals surface area (Å²) >= 11 is 0. The molecule has 2 aromatic rings. The summed E-state index contributed by atoms with van der Waals surface area (Å²) in [5.41, 5.74) is 7.38. The van der Waals surface area contributed by atoms with E-state index in [9.17, 15) is 4.79 Å². The van der Waals surface area contributed by atoms with E-state index in [2.05, 4.69) is 10.4 Å². The maximum absolute atomic E-state index is 11.2. The molecule has 0 radical (unpaired) electrons. The van der Waals surface area contributed by atoms with E-state index in [1.54, 1.807) is 23.0 Å². The molecule has 0 saturated carbocycles. The first-order chi connectivity index (χ1) is 8.97. The molecule has 1 aromatic heterocycles. The van der Waals surface area contributed by atoms with Crippen LogP contribution in [0.15, 0.2) is 30.6 Å². The summed E-state index contributed by atoms with van der Waals surface area (Å²) < 4.78 is 1.79. The van der Waals surface area contributed by atoms with E-state index in [-0.39, 0.29) is 11.6 Å². The monoisotopic (exact) mass is 260 g/mol. The summed E-state index contributed by atoms with van der Waals surface area (Å²) in [6, 6.07) is 4.98. The molecule has 19 heavy (non-hydrogen) atoms. The van der Waals surface area contributed by atoms with Crippen LogP contribution in [-0.2, 0) is 0 Å². The molecule has 0 saturated heterocycles. The number of nitrogens with one attached hydrogen (secondary N) is 1. The van der Waals surface area contributed by atoms with Gasteiger partial charge in [-0.15, -0.1) is 0 Å². The second kappa shape index (κ2) is 5.01. The van der Waals surface area contributed by atoms with Crippen molar-refractivity contribution in [1.82, 2.24) is 9.78 Å². The number of carbonyl (C=O) groups is 1. The van der Waals surface area contributed by atoms with Crippen LogP contribution < -0.4 is 11.1 Å². The SMILES string of the molecule is CC(C)n1cc(Nc2ccc(N)cc2C(=O)O)cn1. The molecule has 0 aliphatic rings. The molecule has 0 amide bonds. The molecule has 0 aliphatic heterocycles. The molecular weight excluding hydrogens is 244 g/mol. The lowest BCUT2D eigenvalue weighted by atomic mass is 10.1. The fraction of sp³-hybridized carbons (Fsp3) is 0.231. The topological polar surface area (TPSA) is 93.2 Å². The lowest BCUT2D eigenvalue weighted by molar-refractivity contribution is 0.0698. The number of carboxylic acids is 1. The van der Waals surface area contributed by atoms with Gasteiger partial charge in [-0.2, -0.15) is 5.10 Å². The van der Waals surface area contributed by atoms with Crippen LogP contribution >= 0.6 is 0 Å². The zero-order chi connectivity index (χ0) is 14.0. The van der Waals surface area contributed by atoms with Gasteiger partial charge in [0.15, 0.2) is 0 Å². The summed E-state index contributed by atoms with van der Waals surface area (Å²) in [6.45, 7) is 4.03. The van der Waals surface area contributed by atoms with Crippen molar-refractivity contribution in [3.63, 3.8) is 0 Å². The Morgan fingerprint density at radius 1 is 1.47 bits per heavy atom. The number of rotatable bonds is 4. The van der Waals surface area contributed by atoms with Gasteiger partial charge in [0.05, 0.1) is 23.1 Å². The Balaban J connectivity index is 2.29. The number of nitrogens with zero attached hydrogens (tertiary/aromatic N) is 2. The average molecular weight is 260 g/mol. The van der Waals surface area contributed by atoms with Gasteiger partial charge >= 0.3 is 5.97 Å². The molecule has 0 aliphatic carbocycles. The standard InChI is InChI=1S/C13H16N4O2/c1-8(2)17-7-10(6-15-17)16-12-4-3-9(14)5-11(12)13(18)19/h3-8,16H,14H2,1-2H3,(H,18,19). The third-order valence-corrected chi connectivity index (χ3v) is 2.68. The molecule has 1 aromatic carbocycles. The number of aromatic nitrogens is 2. The molecule has 100 valence electrons. The van der Waals surface area contributed by atoms with Crippen molar-refractivity contribution in [2.24, 2.45) is 0 Å². The summed E-state index contributed by atoms with van der Waals surface area (Å²) in [6.07, 6.45) is 3.48. The Labute approximate surface area is 110 Å². The van der Waals surface area contributed by atoms with Gasteiger partial charge < -0.3 is 16.2 Å². The van der Waals surface area contributed by atoms with Gasteiger partial charge in [0.1, 0.15) is 0 Å². The Morgan fingerprint density at radius 2 is 2.21 bits per heavy atom. The minimum atomic E-state index is -1.02. The quantitative estimate of drug-likeness (QED) is 0.734. The Hall–Kier alpha value is -2.50. The maximum atomic E-state index is 11.2. The summed E-state index contributed by atoms with van der Waals surface area (Å²) in [5, 5.41) is 16.4. The third-order valence-electron chi connectivity index (χ3n) is 2.68. The molecule has 0 fully saturated rings. The van der Waals surface area contributed by atoms with Crippen LogP contribution in [0.3, 0.4) is 0 Å². The highest BCUT2D eigenvalue weighted by molar-refractivity contribution is 5.96. The predicted molar refractivity (Wildman–Crippen MR) is 73.7 cm³/mol. The maximum Gasteiger partial charge on any atom is 0.337 e. The number of benzene rings is 1. The smallest absolute Gasteiger partial charge is 0.337 e. The van der Waals surface area contributed by atoms with Crippen LogP contribution in [0.25, 0.3) is 0 Å². The van der Waals surface area contributed by atoms with E-state index in [4.69, 9.17) is 10.8 Å². The third kappa shape index (κ3) is 2.85. The molecule has 6 heteroatoms. The van der Waals surface area contributed by atoms with Gasteiger partial charge in [-0.3, -0.25) is 4.68 Å². The van der Waals surface area contributed by atoms with Crippen molar-refractivity contribution < 1.29 is 9.90 Å². The molecule has 0 atom stereocenters. The van der Waals surface area contributed by atoms with E-state index >= 15 is 0 Å². The lowest BCUT2D eigenvalue weighted by Crippen LogP contribution is -2.04. The van der Waals surface area contributed by atoms with Crippen molar-refractivity contribution in [3.05, 3.63) is 36.2 Å². The van der Waals surface area contributed by atoms with E-state index in [0.29, 0.717) is 11.4 Å². The molecule has 1 heterocycles. The zero-order valence-electron chi connectivity index (χ0n) is 10.8. The number of hydrogen-bond donors (Lipinski definition) is 3. The van der Waals surface area contributed by atoms with Crippen LogP contribution in [0, 0.1) is 0 Å². The average Bonchev–Trinajstić information content (AvgIpc) is 2.80. The summed E-state index contributed by atoms with van der Waals surface area (Å²) in [7, 11) is 0. The van der Waals surface area contributed by atoms with E-state index in [1.165, 1.54) is 6.07 Å². The van der Waals surface area contributed by atoms with Crippen LogP contribution in [0.4, 0.5) is 17.1 Å². The van der Waals surface area contributed by atoms with Crippen molar-refractivity contribution in [2.45, 2.75) is 19.9 Å². The number of aromatic carboxylic acids is 1. The van der Waals surface area contributed by atoms with Crippen molar-refractivity contribution in [3.8, 4) is 0 Å². The first-order valence-electron chi connectivity index (χ1n) is 5.91. The molecule has 2 rings (SSSR count). The number of anilines is 3. The highest BCUT2D eigenvalue weighted by Crippen LogP contribution is 2.23. The fourth-order valence-electron chi connectivity index (χ4n) is 1.69.